The van der Waals surface area contributed by atoms with Crippen LogP contribution < -0.4 is 10.6 Å². The molecule has 0 saturated carbocycles. The summed E-state index contributed by atoms with van der Waals surface area (Å²) in [6.45, 7) is 4.42. The summed E-state index contributed by atoms with van der Waals surface area (Å²) in [5.41, 5.74) is 11.7. The Morgan fingerprint density at radius 1 is 1.21 bits per heavy atom. The predicted octanol–water partition coefficient (Wildman–Crippen LogP) is 2.97. The van der Waals surface area contributed by atoms with Crippen molar-refractivity contribution in [3.05, 3.63) is 47.8 Å². The highest BCUT2D eigenvalue weighted by Crippen LogP contribution is 2.34. The maximum absolute atomic E-state index is 9.67. The van der Waals surface area contributed by atoms with Crippen molar-refractivity contribution in [2.75, 3.05) is 30.3 Å². The van der Waals surface area contributed by atoms with Gasteiger partial charge < -0.3 is 15.7 Å². The van der Waals surface area contributed by atoms with Crippen molar-refractivity contribution in [3.63, 3.8) is 0 Å². The Morgan fingerprint density at radius 2 is 2.00 bits per heavy atom. The maximum atomic E-state index is 9.67. The van der Waals surface area contributed by atoms with Crippen LogP contribution in [0, 0.1) is 18.3 Å². The summed E-state index contributed by atoms with van der Waals surface area (Å²) in [6, 6.07) is 12.4. The molecular weight excluding hydrogens is 364 g/mol. The van der Waals surface area contributed by atoms with E-state index >= 15 is 0 Å². The average Bonchev–Trinajstić information content (AvgIpc) is 3.38. The number of benzene rings is 1. The molecule has 0 radical (unpaired) electrons. The van der Waals surface area contributed by atoms with Gasteiger partial charge in [0, 0.05) is 41.7 Å². The number of nitrogens with two attached hydrogens (primary N) is 1. The van der Waals surface area contributed by atoms with Crippen LogP contribution in [0.2, 0.25) is 0 Å². The molecule has 1 aliphatic heterocycles. The van der Waals surface area contributed by atoms with E-state index < -0.39 is 0 Å². The van der Waals surface area contributed by atoms with Gasteiger partial charge in [-0.15, -0.1) is 0 Å². The Morgan fingerprint density at radius 3 is 2.72 bits per heavy atom. The Bertz CT molecular complexity index is 1080. The number of aliphatic hydroxyl groups excluding tert-OH is 1. The SMILES string of the molecule is Cc1nn(CCO)cc1-c1cc(-c2cccc(N3CCCC3)c2)nc(N)c1C#N. The number of aromatic nitrogens is 3. The molecule has 2 aromatic heterocycles. The van der Waals surface area contributed by atoms with E-state index in [2.05, 4.69) is 33.2 Å². The molecule has 0 amide bonds. The van der Waals surface area contributed by atoms with Crippen LogP contribution in [0.3, 0.4) is 0 Å². The third-order valence-corrected chi connectivity index (χ3v) is 5.34. The zero-order valence-electron chi connectivity index (χ0n) is 16.5. The lowest BCUT2D eigenvalue weighted by Crippen LogP contribution is -2.17. The summed E-state index contributed by atoms with van der Waals surface area (Å²) in [4.78, 5) is 6.89. The molecule has 1 aliphatic rings. The van der Waals surface area contributed by atoms with E-state index in [0.717, 1.165) is 35.6 Å². The third-order valence-electron chi connectivity index (χ3n) is 5.34. The van der Waals surface area contributed by atoms with Gasteiger partial charge in [-0.05, 0) is 38.0 Å². The number of hydrogen-bond donors (Lipinski definition) is 2. The molecule has 0 bridgehead atoms. The smallest absolute Gasteiger partial charge is 0.142 e. The molecule has 3 heterocycles. The van der Waals surface area contributed by atoms with Crippen molar-refractivity contribution >= 4 is 11.5 Å². The molecule has 148 valence electrons. The first-order chi connectivity index (χ1) is 14.1. The normalized spacial score (nSPS) is 13.6. The largest absolute Gasteiger partial charge is 0.394 e. The van der Waals surface area contributed by atoms with Crippen LogP contribution in [0.25, 0.3) is 22.4 Å². The van der Waals surface area contributed by atoms with Gasteiger partial charge in [0.1, 0.15) is 17.5 Å². The molecule has 4 rings (SSSR count). The molecule has 1 aromatic carbocycles. The molecule has 0 aliphatic carbocycles. The molecule has 0 spiro atoms. The Kier molecular flexibility index (Phi) is 5.19. The number of aliphatic hydroxyl groups is 1. The summed E-state index contributed by atoms with van der Waals surface area (Å²) >= 11 is 0. The Labute approximate surface area is 170 Å². The number of hydrogen-bond acceptors (Lipinski definition) is 6. The van der Waals surface area contributed by atoms with Gasteiger partial charge >= 0.3 is 0 Å². The molecule has 3 N–H and O–H groups in total. The minimum Gasteiger partial charge on any atom is -0.394 e. The summed E-state index contributed by atoms with van der Waals surface area (Å²) in [5.74, 6) is 0.209. The van der Waals surface area contributed by atoms with Gasteiger partial charge in [-0.3, -0.25) is 4.68 Å². The van der Waals surface area contributed by atoms with Gasteiger partial charge in [0.15, 0.2) is 0 Å². The number of rotatable bonds is 5. The van der Waals surface area contributed by atoms with E-state index in [1.54, 1.807) is 4.68 Å². The van der Waals surface area contributed by atoms with Crippen LogP contribution in [-0.2, 0) is 6.54 Å². The quantitative estimate of drug-likeness (QED) is 0.696. The molecule has 0 atom stereocenters. The number of nitrogens with zero attached hydrogens (tertiary/aromatic N) is 5. The standard InChI is InChI=1S/C22H24N6O/c1-15-20(14-28(26-15)9-10-29)18-12-21(25-22(24)19(18)13-23)16-5-4-6-17(11-16)27-7-2-3-8-27/h4-6,11-12,14,29H,2-3,7-10H2,1H3,(H2,24,25). The lowest BCUT2D eigenvalue weighted by Gasteiger charge is -2.18. The third kappa shape index (κ3) is 3.67. The van der Waals surface area contributed by atoms with E-state index in [-0.39, 0.29) is 12.4 Å². The molecule has 3 aromatic rings. The lowest BCUT2D eigenvalue weighted by atomic mass is 9.99. The zero-order chi connectivity index (χ0) is 20.4. The van der Waals surface area contributed by atoms with E-state index in [0.29, 0.717) is 17.7 Å². The van der Waals surface area contributed by atoms with Crippen molar-refractivity contribution < 1.29 is 5.11 Å². The van der Waals surface area contributed by atoms with Crippen LogP contribution in [0.5, 0.6) is 0 Å². The van der Waals surface area contributed by atoms with Gasteiger partial charge in [-0.25, -0.2) is 4.98 Å². The minimum absolute atomic E-state index is 0.00130. The summed E-state index contributed by atoms with van der Waals surface area (Å²) < 4.78 is 1.68. The van der Waals surface area contributed by atoms with Crippen molar-refractivity contribution in [2.24, 2.45) is 0 Å². The first kappa shape index (κ1) is 19.0. The number of aryl methyl sites for hydroxylation is 1. The van der Waals surface area contributed by atoms with E-state index in [4.69, 9.17) is 5.73 Å². The second kappa shape index (κ2) is 7.94. The van der Waals surface area contributed by atoms with Crippen molar-refractivity contribution in [1.82, 2.24) is 14.8 Å². The summed E-state index contributed by atoms with van der Waals surface area (Å²) in [5, 5.41) is 23.3. The van der Waals surface area contributed by atoms with Crippen LogP contribution in [0.1, 0.15) is 24.1 Å². The second-order valence-corrected chi connectivity index (χ2v) is 7.29. The number of nitrogen functional groups attached to an aromatic ring is 1. The van der Waals surface area contributed by atoms with Gasteiger partial charge in [0.25, 0.3) is 0 Å². The van der Waals surface area contributed by atoms with E-state index in [1.165, 1.54) is 18.5 Å². The highest BCUT2D eigenvalue weighted by molar-refractivity contribution is 5.81. The minimum atomic E-state index is -0.00130. The zero-order valence-corrected chi connectivity index (χ0v) is 16.5. The average molecular weight is 388 g/mol. The van der Waals surface area contributed by atoms with Crippen LogP contribution in [0.15, 0.2) is 36.5 Å². The number of anilines is 2. The van der Waals surface area contributed by atoms with E-state index in [9.17, 15) is 10.4 Å². The number of pyridine rings is 1. The fraction of sp³-hybridized carbons (Fsp3) is 0.318. The van der Waals surface area contributed by atoms with Crippen LogP contribution >= 0.6 is 0 Å². The van der Waals surface area contributed by atoms with Crippen molar-refractivity contribution in [1.29, 1.82) is 5.26 Å². The second-order valence-electron chi connectivity index (χ2n) is 7.29. The Balaban J connectivity index is 1.81. The van der Waals surface area contributed by atoms with Crippen molar-refractivity contribution in [3.8, 4) is 28.5 Å². The molecular formula is C22H24N6O. The number of nitriles is 1. The van der Waals surface area contributed by atoms with Gasteiger partial charge in [-0.2, -0.15) is 10.4 Å². The first-order valence-corrected chi connectivity index (χ1v) is 9.82. The molecule has 0 unspecified atom stereocenters. The lowest BCUT2D eigenvalue weighted by molar-refractivity contribution is 0.269. The molecule has 1 saturated heterocycles. The first-order valence-electron chi connectivity index (χ1n) is 9.82. The van der Waals surface area contributed by atoms with Gasteiger partial charge in [-0.1, -0.05) is 12.1 Å². The topological polar surface area (TPSA) is 104 Å². The molecule has 29 heavy (non-hydrogen) atoms. The van der Waals surface area contributed by atoms with Crippen LogP contribution in [-0.4, -0.2) is 39.6 Å². The fourth-order valence-corrected chi connectivity index (χ4v) is 3.88. The van der Waals surface area contributed by atoms with E-state index in [1.807, 2.05) is 31.3 Å². The monoisotopic (exact) mass is 388 g/mol. The Hall–Kier alpha value is -3.37. The predicted molar refractivity (Wildman–Crippen MR) is 113 cm³/mol. The van der Waals surface area contributed by atoms with Crippen LogP contribution in [0.4, 0.5) is 11.5 Å². The molecule has 7 heteroatoms. The summed E-state index contributed by atoms with van der Waals surface area (Å²) in [6.07, 6.45) is 4.27. The summed E-state index contributed by atoms with van der Waals surface area (Å²) in [7, 11) is 0. The highest BCUT2D eigenvalue weighted by Gasteiger charge is 2.18. The molecule has 1 fully saturated rings. The maximum Gasteiger partial charge on any atom is 0.142 e. The highest BCUT2D eigenvalue weighted by atomic mass is 16.3. The molecule has 7 nitrogen and oxygen atoms in total. The van der Waals surface area contributed by atoms with Crippen molar-refractivity contribution in [2.45, 2.75) is 26.3 Å². The fourth-order valence-electron chi connectivity index (χ4n) is 3.88. The van der Waals surface area contributed by atoms with Gasteiger partial charge in [0.2, 0.25) is 0 Å². The van der Waals surface area contributed by atoms with Gasteiger partial charge in [0.05, 0.1) is 24.5 Å².